The number of methoxy groups -OCH3 is 1. The van der Waals surface area contributed by atoms with Crippen LogP contribution >= 0.6 is 11.6 Å². The van der Waals surface area contributed by atoms with Gasteiger partial charge in [0.15, 0.2) is 5.60 Å². The van der Waals surface area contributed by atoms with Crippen molar-refractivity contribution < 1.29 is 29.3 Å². The second kappa shape index (κ2) is 11.8. The molecule has 43 heavy (non-hydrogen) atoms. The molecular weight excluding hydrogens is 568 g/mol. The first-order valence-electron chi connectivity index (χ1n) is 15.3. The normalized spacial score (nSPS) is 31.7. The smallest absolute Gasteiger partial charge is 0.340 e. The van der Waals surface area contributed by atoms with E-state index < -0.39 is 23.9 Å². The van der Waals surface area contributed by atoms with Gasteiger partial charge in [0.1, 0.15) is 5.75 Å². The summed E-state index contributed by atoms with van der Waals surface area (Å²) in [6.45, 7) is 2.24. The number of fused-ring (bicyclic) bond motifs is 4. The van der Waals surface area contributed by atoms with Gasteiger partial charge in [-0.15, -0.1) is 0 Å². The minimum atomic E-state index is -2.38. The fourth-order valence-electron chi connectivity index (χ4n) is 7.63. The Morgan fingerprint density at radius 2 is 2.00 bits per heavy atom. The van der Waals surface area contributed by atoms with E-state index in [9.17, 15) is 19.8 Å². The maximum atomic E-state index is 13.1. The third-order valence-corrected chi connectivity index (χ3v) is 10.6. The number of carbonyl (C=O) groups excluding carboxylic acids is 1. The standard InChI is InChI=1S/C34H41ClN2O6/c1-36-15-4-3-7-29(42-2)26-11-8-23(26)19-37-20-33(14-5-6-22-16-25(35)10-12-27(22)33)21-43-30-13-9-24(17-28(30)37)34(41,32(39)40)18-31(36)38/h3-4,9-10,12-13,16-17,23,26,29,41H,5-8,11,14-15,18-21H2,1-2H3,(H,39,40)/b4-3+/t23-,26+,29-,33-,34-/m0/s1. The third-order valence-electron chi connectivity index (χ3n) is 10.3. The van der Waals surface area contributed by atoms with Gasteiger partial charge in [-0.2, -0.15) is 0 Å². The van der Waals surface area contributed by atoms with Gasteiger partial charge in [0.25, 0.3) is 0 Å². The lowest BCUT2D eigenvalue weighted by Crippen LogP contribution is -2.50. The van der Waals surface area contributed by atoms with Crippen molar-refractivity contribution in [3.8, 4) is 5.75 Å². The van der Waals surface area contributed by atoms with E-state index in [4.69, 9.17) is 21.1 Å². The van der Waals surface area contributed by atoms with Crippen molar-refractivity contribution in [3.63, 3.8) is 0 Å². The van der Waals surface area contributed by atoms with Crippen molar-refractivity contribution in [1.82, 2.24) is 4.90 Å². The molecule has 8 nitrogen and oxygen atoms in total. The van der Waals surface area contributed by atoms with E-state index in [0.717, 1.165) is 55.8 Å². The minimum Gasteiger partial charge on any atom is -0.490 e. The Morgan fingerprint density at radius 3 is 2.74 bits per heavy atom. The molecule has 2 aromatic carbocycles. The van der Waals surface area contributed by atoms with E-state index in [1.54, 1.807) is 32.4 Å². The number of likely N-dealkylation sites (N-methyl/N-ethyl adjacent to an activating group) is 1. The van der Waals surface area contributed by atoms with Crippen LogP contribution in [0.3, 0.4) is 0 Å². The zero-order valence-electron chi connectivity index (χ0n) is 24.9. The summed E-state index contributed by atoms with van der Waals surface area (Å²) in [4.78, 5) is 29.5. The number of amides is 1. The Balaban J connectivity index is 1.46. The monoisotopic (exact) mass is 608 g/mol. The van der Waals surface area contributed by atoms with Crippen LogP contribution in [-0.2, 0) is 31.8 Å². The van der Waals surface area contributed by atoms with Crippen molar-refractivity contribution in [3.05, 3.63) is 70.3 Å². The van der Waals surface area contributed by atoms with Gasteiger partial charge in [-0.25, -0.2) is 4.79 Å². The Morgan fingerprint density at radius 1 is 1.16 bits per heavy atom. The van der Waals surface area contributed by atoms with Crippen LogP contribution in [-0.4, -0.2) is 73.5 Å². The van der Waals surface area contributed by atoms with Crippen molar-refractivity contribution in [2.24, 2.45) is 11.8 Å². The van der Waals surface area contributed by atoms with Crippen molar-refractivity contribution >= 4 is 29.2 Å². The number of hydrogen-bond donors (Lipinski definition) is 2. The first-order chi connectivity index (χ1) is 20.6. The molecule has 0 radical (unpaired) electrons. The van der Waals surface area contributed by atoms with Gasteiger partial charge in [-0.3, -0.25) is 4.79 Å². The number of aliphatic carboxylic acids is 1. The molecule has 2 aromatic rings. The van der Waals surface area contributed by atoms with Gasteiger partial charge in [-0.05, 0) is 91.3 Å². The fraction of sp³-hybridized carbons (Fsp3) is 0.529. The number of hydrogen-bond acceptors (Lipinski definition) is 6. The summed E-state index contributed by atoms with van der Waals surface area (Å²) in [6, 6.07) is 11.2. The molecule has 2 aliphatic carbocycles. The van der Waals surface area contributed by atoms with Gasteiger partial charge in [0, 0.05) is 44.2 Å². The number of ether oxygens (including phenoxy) is 2. The lowest BCUT2D eigenvalue weighted by molar-refractivity contribution is -0.164. The molecule has 0 aromatic heterocycles. The molecule has 0 saturated heterocycles. The van der Waals surface area contributed by atoms with E-state index in [1.807, 2.05) is 18.2 Å². The summed E-state index contributed by atoms with van der Waals surface area (Å²) in [5, 5.41) is 22.5. The fourth-order valence-corrected chi connectivity index (χ4v) is 7.83. The number of nitrogens with zero attached hydrogens (tertiary/aromatic N) is 2. The Hall–Kier alpha value is -3.07. The van der Waals surface area contributed by atoms with Crippen LogP contribution in [0.5, 0.6) is 5.75 Å². The van der Waals surface area contributed by atoms with E-state index in [1.165, 1.54) is 16.0 Å². The summed E-state index contributed by atoms with van der Waals surface area (Å²) < 4.78 is 12.6. The summed E-state index contributed by atoms with van der Waals surface area (Å²) >= 11 is 6.41. The zero-order chi connectivity index (χ0) is 30.4. The third kappa shape index (κ3) is 5.54. The van der Waals surface area contributed by atoms with E-state index in [-0.39, 0.29) is 17.1 Å². The zero-order valence-corrected chi connectivity index (χ0v) is 25.7. The molecule has 1 spiro atoms. The molecule has 2 bridgehead atoms. The van der Waals surface area contributed by atoms with Gasteiger partial charge in [0.2, 0.25) is 5.91 Å². The summed E-state index contributed by atoms with van der Waals surface area (Å²) in [5.41, 5.74) is 0.766. The van der Waals surface area contributed by atoms with Crippen LogP contribution in [0.2, 0.25) is 5.02 Å². The topological polar surface area (TPSA) is 99.5 Å². The first-order valence-corrected chi connectivity index (χ1v) is 15.7. The predicted molar refractivity (Wildman–Crippen MR) is 165 cm³/mol. The van der Waals surface area contributed by atoms with E-state index in [2.05, 4.69) is 17.0 Å². The van der Waals surface area contributed by atoms with E-state index >= 15 is 0 Å². The van der Waals surface area contributed by atoms with Crippen LogP contribution in [0.4, 0.5) is 5.69 Å². The van der Waals surface area contributed by atoms with Crippen molar-refractivity contribution in [1.29, 1.82) is 0 Å². The van der Waals surface area contributed by atoms with Gasteiger partial charge in [0.05, 0.1) is 24.8 Å². The molecule has 2 heterocycles. The number of carboxylic acids is 1. The number of carbonyl (C=O) groups is 2. The van der Waals surface area contributed by atoms with Crippen LogP contribution in [0.25, 0.3) is 0 Å². The maximum absolute atomic E-state index is 13.1. The second-order valence-electron chi connectivity index (χ2n) is 12.9. The molecule has 9 heteroatoms. The highest BCUT2D eigenvalue weighted by Gasteiger charge is 2.46. The SMILES string of the molecule is CO[C@H]1C/C=C/CN(C)C(=O)C[C@@](O)(C(=O)O)c2ccc3c(c2)N(C[C@@H]2CC[C@H]21)C[C@@]1(CCCc2cc(Cl)ccc21)CO3. The lowest BCUT2D eigenvalue weighted by atomic mass is 9.68. The summed E-state index contributed by atoms with van der Waals surface area (Å²) in [6.07, 6.45) is 9.30. The number of benzene rings is 2. The number of aryl methyl sites for hydroxylation is 1. The van der Waals surface area contributed by atoms with Crippen LogP contribution in [0.15, 0.2) is 48.6 Å². The largest absolute Gasteiger partial charge is 0.490 e. The number of aliphatic hydroxyl groups is 1. The highest BCUT2D eigenvalue weighted by atomic mass is 35.5. The summed E-state index contributed by atoms with van der Waals surface area (Å²) in [5.74, 6) is -0.496. The maximum Gasteiger partial charge on any atom is 0.340 e. The molecular formula is C34H41ClN2O6. The first kappa shape index (κ1) is 30.0. The average Bonchev–Trinajstić information content (AvgIpc) is 3.12. The number of halogens is 1. The molecule has 2 N–H and O–H groups in total. The molecule has 230 valence electrons. The van der Waals surface area contributed by atoms with E-state index in [0.29, 0.717) is 37.3 Å². The lowest BCUT2D eigenvalue weighted by Gasteiger charge is -2.46. The number of rotatable bonds is 2. The van der Waals surface area contributed by atoms with Gasteiger partial charge in [-0.1, -0.05) is 35.9 Å². The minimum absolute atomic E-state index is 0.0709. The number of carboxylic acid groups (broad SMARTS) is 1. The van der Waals surface area contributed by atoms with Crippen LogP contribution in [0.1, 0.15) is 55.2 Å². The molecule has 6 rings (SSSR count). The van der Waals surface area contributed by atoms with Crippen LogP contribution in [0, 0.1) is 11.8 Å². The molecule has 5 atom stereocenters. The predicted octanol–water partition coefficient (Wildman–Crippen LogP) is 4.93. The molecule has 4 aliphatic rings. The van der Waals surface area contributed by atoms with Crippen molar-refractivity contribution in [2.45, 2.75) is 62.1 Å². The summed E-state index contributed by atoms with van der Waals surface area (Å²) in [7, 11) is 3.39. The van der Waals surface area contributed by atoms with Crippen LogP contribution < -0.4 is 9.64 Å². The van der Waals surface area contributed by atoms with Gasteiger partial charge < -0.3 is 29.5 Å². The Kier molecular flexibility index (Phi) is 8.22. The molecule has 1 amide bonds. The quantitative estimate of drug-likeness (QED) is 0.466. The molecule has 2 aliphatic heterocycles. The highest BCUT2D eigenvalue weighted by Crippen LogP contribution is 2.47. The second-order valence-corrected chi connectivity index (χ2v) is 13.3. The number of anilines is 1. The highest BCUT2D eigenvalue weighted by molar-refractivity contribution is 6.30. The van der Waals surface area contributed by atoms with Crippen molar-refractivity contribution in [2.75, 3.05) is 45.3 Å². The average molecular weight is 609 g/mol. The molecule has 0 unspecified atom stereocenters. The molecule has 1 fully saturated rings. The van der Waals surface area contributed by atoms with Gasteiger partial charge >= 0.3 is 5.97 Å². The Bertz CT molecular complexity index is 1430. The molecule has 1 saturated carbocycles. The Labute approximate surface area is 258 Å².